The summed E-state index contributed by atoms with van der Waals surface area (Å²) in [5.74, 6) is -2.08. The number of allylic oxidation sites excluding steroid dienone is 2. The van der Waals surface area contributed by atoms with Crippen LogP contribution in [0, 0.1) is 29.3 Å². The van der Waals surface area contributed by atoms with E-state index in [9.17, 15) is 13.2 Å². The maximum absolute atomic E-state index is 13.5. The van der Waals surface area contributed by atoms with Gasteiger partial charge in [0.25, 0.3) is 0 Å². The van der Waals surface area contributed by atoms with Gasteiger partial charge >= 0.3 is 0 Å². The summed E-state index contributed by atoms with van der Waals surface area (Å²) in [6.07, 6.45) is 4.18. The molecular weight excluding hydrogens is 251 g/mol. The van der Waals surface area contributed by atoms with Crippen LogP contribution < -0.4 is 5.32 Å². The predicted molar refractivity (Wildman–Crippen MR) is 70.5 cm³/mol. The number of hydrogen-bond donors (Lipinski definition) is 1. The van der Waals surface area contributed by atoms with Gasteiger partial charge in [-0.2, -0.15) is 0 Å². The number of rotatable bonds is 3. The van der Waals surface area contributed by atoms with E-state index in [2.05, 4.69) is 25.2 Å². The molecule has 1 N–H and O–H groups in total. The Kier molecular flexibility index (Phi) is 4.17. The Labute approximate surface area is 111 Å². The molecule has 1 aromatic carbocycles. The summed E-state index contributed by atoms with van der Waals surface area (Å²) < 4.78 is 39.6. The molecule has 0 spiro atoms. The van der Waals surface area contributed by atoms with E-state index < -0.39 is 17.5 Å². The molecule has 0 saturated carbocycles. The summed E-state index contributed by atoms with van der Waals surface area (Å²) >= 11 is 0. The Hall–Kier alpha value is -1.45. The quantitative estimate of drug-likeness (QED) is 0.629. The van der Waals surface area contributed by atoms with Crippen molar-refractivity contribution in [3.05, 3.63) is 41.2 Å². The van der Waals surface area contributed by atoms with Gasteiger partial charge in [0, 0.05) is 18.7 Å². The van der Waals surface area contributed by atoms with Crippen molar-refractivity contribution in [2.75, 3.05) is 11.9 Å². The molecule has 1 nitrogen and oxygen atoms in total. The predicted octanol–water partition coefficient (Wildman–Crippen LogP) is 4.51. The van der Waals surface area contributed by atoms with E-state index in [4.69, 9.17) is 0 Å². The van der Waals surface area contributed by atoms with Crippen LogP contribution in [0.2, 0.25) is 0 Å². The van der Waals surface area contributed by atoms with E-state index >= 15 is 0 Å². The second kappa shape index (κ2) is 5.68. The van der Waals surface area contributed by atoms with Crippen molar-refractivity contribution >= 4 is 5.69 Å². The van der Waals surface area contributed by atoms with Crippen LogP contribution in [0.25, 0.3) is 0 Å². The number of nitrogens with one attached hydrogen (secondary N) is 1. The summed E-state index contributed by atoms with van der Waals surface area (Å²) in [5.41, 5.74) is 1.22. The fourth-order valence-corrected chi connectivity index (χ4v) is 2.78. The van der Waals surface area contributed by atoms with Crippen LogP contribution in [0.5, 0.6) is 0 Å². The van der Waals surface area contributed by atoms with Crippen molar-refractivity contribution in [1.82, 2.24) is 0 Å². The Morgan fingerprint density at radius 3 is 2.68 bits per heavy atom. The van der Waals surface area contributed by atoms with E-state index in [0.717, 1.165) is 18.9 Å². The van der Waals surface area contributed by atoms with Crippen molar-refractivity contribution in [2.45, 2.75) is 26.7 Å². The highest BCUT2D eigenvalue weighted by Crippen LogP contribution is 2.28. The van der Waals surface area contributed by atoms with Gasteiger partial charge in [0.05, 0.1) is 5.69 Å². The fraction of sp³-hybridized carbons (Fsp3) is 0.467. The molecule has 1 aliphatic carbocycles. The van der Waals surface area contributed by atoms with E-state index in [0.29, 0.717) is 24.4 Å². The lowest BCUT2D eigenvalue weighted by Crippen LogP contribution is -2.20. The van der Waals surface area contributed by atoms with E-state index in [-0.39, 0.29) is 5.69 Å². The fourth-order valence-electron chi connectivity index (χ4n) is 2.78. The average Bonchev–Trinajstić information content (AvgIpc) is 2.30. The van der Waals surface area contributed by atoms with Crippen LogP contribution in [0.1, 0.15) is 26.7 Å². The molecule has 0 radical (unpaired) electrons. The Bertz CT molecular complexity index is 496. The molecule has 1 aromatic rings. The van der Waals surface area contributed by atoms with Crippen molar-refractivity contribution in [3.63, 3.8) is 0 Å². The molecule has 104 valence electrons. The first-order valence-corrected chi connectivity index (χ1v) is 6.51. The lowest BCUT2D eigenvalue weighted by atomic mass is 9.84. The number of halogens is 3. The minimum absolute atomic E-state index is 0.0997. The molecule has 1 aliphatic rings. The van der Waals surface area contributed by atoms with E-state index in [1.165, 1.54) is 5.57 Å². The first-order chi connectivity index (χ1) is 8.95. The third kappa shape index (κ3) is 3.52. The molecule has 4 heteroatoms. The standard InChI is InChI=1S/C15H18F3N/c1-9-3-10(2)5-11(4-9)8-19-14-7-12(16)6-13(17)15(14)18/h3,6-7,9,11,19H,4-5,8H2,1-2H3. The second-order valence-corrected chi connectivity index (χ2v) is 5.43. The van der Waals surface area contributed by atoms with Crippen molar-refractivity contribution in [3.8, 4) is 0 Å². The van der Waals surface area contributed by atoms with E-state index in [1.54, 1.807) is 0 Å². The lowest BCUT2D eigenvalue weighted by molar-refractivity contribution is 0.419. The van der Waals surface area contributed by atoms with Crippen LogP contribution in [-0.4, -0.2) is 6.54 Å². The molecule has 0 amide bonds. The maximum Gasteiger partial charge on any atom is 0.182 e. The first-order valence-electron chi connectivity index (χ1n) is 6.51. The SMILES string of the molecule is CC1=CC(C)CC(CNc2cc(F)cc(F)c2F)C1. The molecule has 0 aromatic heterocycles. The summed E-state index contributed by atoms with van der Waals surface area (Å²) in [7, 11) is 0. The van der Waals surface area contributed by atoms with Gasteiger partial charge in [-0.15, -0.1) is 0 Å². The zero-order chi connectivity index (χ0) is 14.0. The van der Waals surface area contributed by atoms with Gasteiger partial charge in [0.15, 0.2) is 11.6 Å². The summed E-state index contributed by atoms with van der Waals surface area (Å²) in [5, 5.41) is 2.82. The molecule has 19 heavy (non-hydrogen) atoms. The van der Waals surface area contributed by atoms with Crippen LogP contribution in [0.3, 0.4) is 0 Å². The highest BCUT2D eigenvalue weighted by atomic mass is 19.2. The maximum atomic E-state index is 13.5. The van der Waals surface area contributed by atoms with Crippen LogP contribution >= 0.6 is 0 Å². The van der Waals surface area contributed by atoms with Gasteiger partial charge in [0.1, 0.15) is 5.82 Å². The van der Waals surface area contributed by atoms with Gasteiger partial charge in [-0.1, -0.05) is 18.6 Å². The molecular formula is C15H18F3N. The molecule has 0 aliphatic heterocycles. The number of benzene rings is 1. The Morgan fingerprint density at radius 2 is 2.00 bits per heavy atom. The third-order valence-corrected chi connectivity index (χ3v) is 3.46. The minimum atomic E-state index is -1.16. The molecule has 0 heterocycles. The number of anilines is 1. The first kappa shape index (κ1) is 14.0. The van der Waals surface area contributed by atoms with Crippen molar-refractivity contribution < 1.29 is 13.2 Å². The molecule has 2 unspecified atom stereocenters. The minimum Gasteiger partial charge on any atom is -0.382 e. The second-order valence-electron chi connectivity index (χ2n) is 5.43. The molecule has 0 saturated heterocycles. The summed E-state index contributed by atoms with van der Waals surface area (Å²) in [6, 6.07) is 1.55. The van der Waals surface area contributed by atoms with Gasteiger partial charge in [0.2, 0.25) is 0 Å². The molecule has 2 rings (SSSR count). The van der Waals surface area contributed by atoms with Gasteiger partial charge in [-0.25, -0.2) is 13.2 Å². The third-order valence-electron chi connectivity index (χ3n) is 3.46. The molecule has 0 bridgehead atoms. The monoisotopic (exact) mass is 269 g/mol. The number of hydrogen-bond acceptors (Lipinski definition) is 1. The van der Waals surface area contributed by atoms with Crippen LogP contribution in [0.15, 0.2) is 23.8 Å². The zero-order valence-corrected chi connectivity index (χ0v) is 11.1. The van der Waals surface area contributed by atoms with E-state index in [1.807, 2.05) is 0 Å². The highest BCUT2D eigenvalue weighted by molar-refractivity contribution is 5.45. The lowest BCUT2D eigenvalue weighted by Gasteiger charge is -2.26. The van der Waals surface area contributed by atoms with Gasteiger partial charge < -0.3 is 5.32 Å². The summed E-state index contributed by atoms with van der Waals surface area (Å²) in [6.45, 7) is 4.73. The van der Waals surface area contributed by atoms with Crippen molar-refractivity contribution in [1.29, 1.82) is 0 Å². The molecule has 2 atom stereocenters. The summed E-state index contributed by atoms with van der Waals surface area (Å²) in [4.78, 5) is 0. The van der Waals surface area contributed by atoms with Gasteiger partial charge in [-0.3, -0.25) is 0 Å². The highest BCUT2D eigenvalue weighted by Gasteiger charge is 2.19. The largest absolute Gasteiger partial charge is 0.382 e. The zero-order valence-electron chi connectivity index (χ0n) is 11.1. The topological polar surface area (TPSA) is 12.0 Å². The van der Waals surface area contributed by atoms with Gasteiger partial charge in [-0.05, 0) is 31.6 Å². The van der Waals surface area contributed by atoms with Crippen LogP contribution in [-0.2, 0) is 0 Å². The smallest absolute Gasteiger partial charge is 0.182 e. The Morgan fingerprint density at radius 1 is 1.26 bits per heavy atom. The normalized spacial score (nSPS) is 23.1. The average molecular weight is 269 g/mol. The molecule has 0 fully saturated rings. The van der Waals surface area contributed by atoms with Crippen molar-refractivity contribution in [2.24, 2.45) is 11.8 Å². The van der Waals surface area contributed by atoms with Crippen LogP contribution in [0.4, 0.5) is 18.9 Å². The Balaban J connectivity index is 2.02.